The fourth-order valence-electron chi connectivity index (χ4n) is 2.91. The molecule has 1 atom stereocenters. The van der Waals surface area contributed by atoms with Gasteiger partial charge in [0.2, 0.25) is 5.91 Å². The number of nitrogens with one attached hydrogen (secondary N) is 1. The zero-order valence-electron chi connectivity index (χ0n) is 11.5. The maximum Gasteiger partial charge on any atom is 0.238 e. The minimum atomic E-state index is -0.350. The maximum absolute atomic E-state index is 12.0. The molecule has 0 aliphatic carbocycles. The zero-order chi connectivity index (χ0) is 13.3. The van der Waals surface area contributed by atoms with Crippen LogP contribution in [-0.2, 0) is 4.79 Å². The van der Waals surface area contributed by atoms with Gasteiger partial charge in [-0.2, -0.15) is 5.26 Å². The lowest BCUT2D eigenvalue weighted by molar-refractivity contribution is -0.130. The molecule has 1 amide bonds. The van der Waals surface area contributed by atoms with Crippen molar-refractivity contribution in [2.24, 2.45) is 0 Å². The van der Waals surface area contributed by atoms with E-state index < -0.39 is 0 Å². The summed E-state index contributed by atoms with van der Waals surface area (Å²) in [6, 6.07) is 1.78. The molecule has 1 fully saturated rings. The Morgan fingerprint density at radius 1 is 1.53 bits per heavy atom. The van der Waals surface area contributed by atoms with Crippen LogP contribution >= 0.6 is 0 Å². The van der Waals surface area contributed by atoms with Crippen molar-refractivity contribution >= 4 is 5.91 Å². The van der Waals surface area contributed by atoms with Gasteiger partial charge in [-0.25, -0.2) is 0 Å². The number of carbonyl (C=O) groups excluding carboxylic acids is 1. The first-order chi connectivity index (χ1) is 7.70. The van der Waals surface area contributed by atoms with Crippen LogP contribution in [0.25, 0.3) is 0 Å². The third kappa shape index (κ3) is 2.98. The van der Waals surface area contributed by atoms with Gasteiger partial charge in [-0.05, 0) is 41.0 Å². The second-order valence-electron chi connectivity index (χ2n) is 6.27. The zero-order valence-corrected chi connectivity index (χ0v) is 11.5. The summed E-state index contributed by atoms with van der Waals surface area (Å²) >= 11 is 0. The summed E-state index contributed by atoms with van der Waals surface area (Å²) in [6.45, 7) is 11.2. The van der Waals surface area contributed by atoms with E-state index in [2.05, 4.69) is 50.9 Å². The Morgan fingerprint density at radius 2 is 2.12 bits per heavy atom. The molecule has 1 aliphatic rings. The van der Waals surface area contributed by atoms with Crippen molar-refractivity contribution in [2.75, 3.05) is 6.54 Å². The van der Waals surface area contributed by atoms with E-state index in [9.17, 15) is 4.79 Å². The van der Waals surface area contributed by atoms with Crippen molar-refractivity contribution in [3.05, 3.63) is 0 Å². The van der Waals surface area contributed by atoms with Gasteiger partial charge in [0.1, 0.15) is 6.04 Å². The molecule has 1 saturated heterocycles. The highest BCUT2D eigenvalue weighted by Gasteiger charge is 2.44. The molecule has 0 spiro atoms. The molecule has 0 saturated carbocycles. The smallest absolute Gasteiger partial charge is 0.238 e. The quantitative estimate of drug-likeness (QED) is 0.754. The minimum absolute atomic E-state index is 0.0212. The highest BCUT2D eigenvalue weighted by Crippen LogP contribution is 2.32. The summed E-state index contributed by atoms with van der Waals surface area (Å²) in [4.78, 5) is 14.2. The van der Waals surface area contributed by atoms with Gasteiger partial charge in [0.15, 0.2) is 0 Å². The molecule has 1 unspecified atom stereocenters. The van der Waals surface area contributed by atoms with Crippen LogP contribution in [0.4, 0.5) is 0 Å². The summed E-state index contributed by atoms with van der Waals surface area (Å²) in [5, 5.41) is 11.8. The molecule has 1 heterocycles. The van der Waals surface area contributed by atoms with Crippen molar-refractivity contribution in [2.45, 2.75) is 64.6 Å². The van der Waals surface area contributed by atoms with Crippen LogP contribution in [0.2, 0.25) is 0 Å². The Balaban J connectivity index is 3.17. The molecule has 96 valence electrons. The van der Waals surface area contributed by atoms with E-state index in [1.54, 1.807) is 0 Å². The van der Waals surface area contributed by atoms with E-state index in [0.29, 0.717) is 6.54 Å². The summed E-state index contributed by atoms with van der Waals surface area (Å²) < 4.78 is 0. The average molecular weight is 237 g/mol. The SMILES string of the molecule is CC(C)(C)N1C(CC#N)C(=O)NCCC1(C)C. The van der Waals surface area contributed by atoms with E-state index in [1.807, 2.05) is 0 Å². The average Bonchev–Trinajstić information content (AvgIpc) is 2.23. The second-order valence-corrected chi connectivity index (χ2v) is 6.27. The maximum atomic E-state index is 12.0. The number of nitrogens with zero attached hydrogens (tertiary/aromatic N) is 2. The highest BCUT2D eigenvalue weighted by molar-refractivity contribution is 5.82. The van der Waals surface area contributed by atoms with Crippen LogP contribution in [0.5, 0.6) is 0 Å². The molecule has 0 aromatic rings. The van der Waals surface area contributed by atoms with Gasteiger partial charge in [0, 0.05) is 17.6 Å². The van der Waals surface area contributed by atoms with Gasteiger partial charge in [0.25, 0.3) is 0 Å². The van der Waals surface area contributed by atoms with Crippen molar-refractivity contribution in [3.63, 3.8) is 0 Å². The van der Waals surface area contributed by atoms with Gasteiger partial charge < -0.3 is 5.32 Å². The number of nitriles is 1. The largest absolute Gasteiger partial charge is 0.355 e. The molecule has 1 aliphatic heterocycles. The van der Waals surface area contributed by atoms with Crippen molar-refractivity contribution < 1.29 is 4.79 Å². The van der Waals surface area contributed by atoms with Gasteiger partial charge in [-0.1, -0.05) is 0 Å². The molecular formula is C13H23N3O. The third-order valence-corrected chi connectivity index (χ3v) is 3.31. The fourth-order valence-corrected chi connectivity index (χ4v) is 2.91. The monoisotopic (exact) mass is 237 g/mol. The van der Waals surface area contributed by atoms with Gasteiger partial charge in [0.05, 0.1) is 12.5 Å². The molecule has 0 radical (unpaired) electrons. The van der Waals surface area contributed by atoms with E-state index in [-0.39, 0.29) is 29.4 Å². The van der Waals surface area contributed by atoms with Crippen LogP contribution in [0, 0.1) is 11.3 Å². The van der Waals surface area contributed by atoms with Crippen molar-refractivity contribution in [3.8, 4) is 6.07 Å². The number of hydrogen-bond acceptors (Lipinski definition) is 3. The van der Waals surface area contributed by atoms with Gasteiger partial charge in [-0.15, -0.1) is 0 Å². The molecule has 4 heteroatoms. The summed E-state index contributed by atoms with van der Waals surface area (Å²) in [7, 11) is 0. The number of amides is 1. The minimum Gasteiger partial charge on any atom is -0.355 e. The van der Waals surface area contributed by atoms with E-state index >= 15 is 0 Å². The van der Waals surface area contributed by atoms with E-state index in [1.165, 1.54) is 0 Å². The van der Waals surface area contributed by atoms with Gasteiger partial charge in [-0.3, -0.25) is 9.69 Å². The Labute approximate surface area is 104 Å². The number of carbonyl (C=O) groups is 1. The van der Waals surface area contributed by atoms with Crippen molar-refractivity contribution in [1.29, 1.82) is 5.26 Å². The molecule has 0 aromatic carbocycles. The first-order valence-corrected chi connectivity index (χ1v) is 6.14. The number of hydrogen-bond donors (Lipinski definition) is 1. The highest BCUT2D eigenvalue weighted by atomic mass is 16.2. The molecule has 4 nitrogen and oxygen atoms in total. The van der Waals surface area contributed by atoms with E-state index in [4.69, 9.17) is 5.26 Å². The molecule has 1 N–H and O–H groups in total. The van der Waals surface area contributed by atoms with Crippen LogP contribution in [0.3, 0.4) is 0 Å². The Bertz CT molecular complexity index is 336. The molecule has 0 bridgehead atoms. The topological polar surface area (TPSA) is 56.1 Å². The predicted octanol–water partition coefficient (Wildman–Crippen LogP) is 1.67. The van der Waals surface area contributed by atoms with Crippen LogP contribution in [-0.4, -0.2) is 34.5 Å². The lowest BCUT2D eigenvalue weighted by Gasteiger charge is -2.48. The Hall–Kier alpha value is -1.08. The van der Waals surface area contributed by atoms with Crippen LogP contribution in [0.1, 0.15) is 47.5 Å². The summed E-state index contributed by atoms with van der Waals surface area (Å²) in [5.41, 5.74) is -0.217. The van der Waals surface area contributed by atoms with E-state index in [0.717, 1.165) is 6.42 Å². The molecule has 0 aromatic heterocycles. The predicted molar refractivity (Wildman–Crippen MR) is 67.3 cm³/mol. The lowest BCUT2D eigenvalue weighted by Crippen LogP contribution is -2.60. The fraction of sp³-hybridized carbons (Fsp3) is 0.846. The standard InChI is InChI=1S/C13H23N3O/c1-12(2,3)16-10(6-8-14)11(17)15-9-7-13(16,4)5/h10H,6-7,9H2,1-5H3,(H,15,17). The number of rotatable bonds is 1. The van der Waals surface area contributed by atoms with Crippen LogP contribution in [0.15, 0.2) is 0 Å². The van der Waals surface area contributed by atoms with Crippen LogP contribution < -0.4 is 5.32 Å². The normalized spacial score (nSPS) is 25.9. The molecule has 1 rings (SSSR count). The molecule has 17 heavy (non-hydrogen) atoms. The first kappa shape index (κ1) is 14.0. The Morgan fingerprint density at radius 3 is 2.59 bits per heavy atom. The van der Waals surface area contributed by atoms with Crippen molar-refractivity contribution in [1.82, 2.24) is 10.2 Å². The summed E-state index contributed by atoms with van der Waals surface area (Å²) in [5.74, 6) is -0.0212. The third-order valence-electron chi connectivity index (χ3n) is 3.31. The molecular weight excluding hydrogens is 214 g/mol. The van der Waals surface area contributed by atoms with Gasteiger partial charge >= 0.3 is 0 Å². The Kier molecular flexibility index (Phi) is 3.83. The first-order valence-electron chi connectivity index (χ1n) is 6.14. The lowest BCUT2D eigenvalue weighted by atomic mass is 9.89. The summed E-state index contributed by atoms with van der Waals surface area (Å²) in [6.07, 6.45) is 1.14. The second kappa shape index (κ2) is 4.66.